The van der Waals surface area contributed by atoms with Crippen molar-refractivity contribution in [2.75, 3.05) is 48.0 Å². The van der Waals surface area contributed by atoms with Crippen LogP contribution in [0.4, 0.5) is 0 Å². The summed E-state index contributed by atoms with van der Waals surface area (Å²) < 4.78 is 16.4. The monoisotopic (exact) mass is 556 g/mol. The number of ether oxygens (including phenoxy) is 3. The molecular weight excluding hydrogens is 519 g/mol. The number of hydrogen-bond donors (Lipinski definition) is 2. The van der Waals surface area contributed by atoms with E-state index < -0.39 is 0 Å². The molecular formula is C24H37IN4O3. The van der Waals surface area contributed by atoms with Crippen LogP contribution in [0.25, 0.3) is 0 Å². The van der Waals surface area contributed by atoms with Crippen LogP contribution in [-0.2, 0) is 6.54 Å². The topological polar surface area (TPSA) is 67.4 Å². The minimum Gasteiger partial charge on any atom is -0.493 e. The number of rotatable bonds is 11. The average molecular weight is 556 g/mol. The van der Waals surface area contributed by atoms with Crippen LogP contribution in [0.1, 0.15) is 31.0 Å². The molecule has 2 N–H and O–H groups in total. The van der Waals surface area contributed by atoms with E-state index in [2.05, 4.69) is 58.6 Å². The highest BCUT2D eigenvalue weighted by Gasteiger charge is 2.19. The number of hydrogen-bond acceptors (Lipinski definition) is 5. The summed E-state index contributed by atoms with van der Waals surface area (Å²) >= 11 is 0. The van der Waals surface area contributed by atoms with E-state index >= 15 is 0 Å². The molecule has 32 heavy (non-hydrogen) atoms. The Morgan fingerprint density at radius 1 is 0.906 bits per heavy atom. The summed E-state index contributed by atoms with van der Waals surface area (Å²) in [4.78, 5) is 6.83. The highest BCUT2D eigenvalue weighted by Crippen LogP contribution is 2.39. The molecule has 0 radical (unpaired) electrons. The maximum absolute atomic E-state index is 5.58. The van der Waals surface area contributed by atoms with Crippen LogP contribution < -0.4 is 24.8 Å². The number of methoxy groups -OCH3 is 3. The van der Waals surface area contributed by atoms with Crippen LogP contribution >= 0.6 is 24.0 Å². The summed E-state index contributed by atoms with van der Waals surface area (Å²) in [7, 11) is 6.62. The normalized spacial score (nSPS) is 12.0. The Hall–Kier alpha value is -2.20. The molecule has 0 aromatic heterocycles. The first-order chi connectivity index (χ1) is 15.1. The first-order valence-electron chi connectivity index (χ1n) is 10.6. The minimum atomic E-state index is 0. The quantitative estimate of drug-likeness (QED) is 0.247. The lowest BCUT2D eigenvalue weighted by Gasteiger charge is -2.30. The van der Waals surface area contributed by atoms with Gasteiger partial charge in [-0.15, -0.1) is 24.0 Å². The molecule has 0 fully saturated rings. The fourth-order valence-corrected chi connectivity index (χ4v) is 3.69. The molecule has 1 unspecified atom stereocenters. The Morgan fingerprint density at radius 3 is 2.09 bits per heavy atom. The van der Waals surface area contributed by atoms with E-state index in [4.69, 9.17) is 14.2 Å². The van der Waals surface area contributed by atoms with Gasteiger partial charge in [-0.2, -0.15) is 0 Å². The van der Waals surface area contributed by atoms with Crippen molar-refractivity contribution in [3.8, 4) is 17.2 Å². The highest BCUT2D eigenvalue weighted by molar-refractivity contribution is 14.0. The first kappa shape index (κ1) is 27.8. The van der Waals surface area contributed by atoms with E-state index in [1.54, 1.807) is 28.4 Å². The standard InChI is InChI=1S/C24H36N4O3.HI/c1-7-28(8-2)20(18-12-10-9-11-13-18)17-27-24(25-3)26-16-19-14-15-21(29-4)23(31-6)22(19)30-5;/h9-15,20H,7-8,16-17H2,1-6H3,(H2,25,26,27);1H. The molecule has 178 valence electrons. The molecule has 0 bridgehead atoms. The Kier molecular flexibility index (Phi) is 12.9. The van der Waals surface area contributed by atoms with Crippen molar-refractivity contribution in [1.29, 1.82) is 0 Å². The molecule has 1 atom stereocenters. The summed E-state index contributed by atoms with van der Waals surface area (Å²) in [6.07, 6.45) is 0. The van der Waals surface area contributed by atoms with Gasteiger partial charge < -0.3 is 24.8 Å². The number of aliphatic imine (C=N–C) groups is 1. The van der Waals surface area contributed by atoms with Crippen molar-refractivity contribution >= 4 is 29.9 Å². The van der Waals surface area contributed by atoms with Gasteiger partial charge in [-0.05, 0) is 30.8 Å². The summed E-state index contributed by atoms with van der Waals surface area (Å²) in [5, 5.41) is 6.85. The van der Waals surface area contributed by atoms with Crippen molar-refractivity contribution in [1.82, 2.24) is 15.5 Å². The minimum absolute atomic E-state index is 0. The summed E-state index contributed by atoms with van der Waals surface area (Å²) in [5.74, 6) is 2.59. The predicted octanol–water partition coefficient (Wildman–Crippen LogP) is 4.08. The zero-order valence-corrected chi connectivity index (χ0v) is 22.3. The molecule has 2 aromatic rings. The smallest absolute Gasteiger partial charge is 0.203 e. The van der Waals surface area contributed by atoms with E-state index in [0.717, 1.165) is 31.2 Å². The number of guanidine groups is 1. The number of likely N-dealkylation sites (N-methyl/N-ethyl adjacent to an activating group) is 1. The van der Waals surface area contributed by atoms with Crippen molar-refractivity contribution < 1.29 is 14.2 Å². The van der Waals surface area contributed by atoms with Gasteiger partial charge in [0.25, 0.3) is 0 Å². The second-order valence-corrected chi connectivity index (χ2v) is 6.95. The number of halogens is 1. The van der Waals surface area contributed by atoms with Crippen LogP contribution in [0.2, 0.25) is 0 Å². The molecule has 0 saturated heterocycles. The van der Waals surface area contributed by atoms with Crippen LogP contribution in [0, 0.1) is 0 Å². The Balaban J connectivity index is 0.00000512. The zero-order chi connectivity index (χ0) is 22.6. The lowest BCUT2D eigenvalue weighted by Crippen LogP contribution is -2.43. The number of benzene rings is 2. The Labute approximate surface area is 209 Å². The molecule has 0 aliphatic carbocycles. The second kappa shape index (κ2) is 14.8. The van der Waals surface area contributed by atoms with Gasteiger partial charge in [0.15, 0.2) is 17.5 Å². The maximum Gasteiger partial charge on any atom is 0.203 e. The van der Waals surface area contributed by atoms with E-state index in [9.17, 15) is 0 Å². The van der Waals surface area contributed by atoms with E-state index in [1.165, 1.54) is 5.56 Å². The molecule has 7 nitrogen and oxygen atoms in total. The van der Waals surface area contributed by atoms with Gasteiger partial charge in [-0.1, -0.05) is 44.2 Å². The SMILES string of the molecule is CCN(CC)C(CNC(=NC)NCc1ccc(OC)c(OC)c1OC)c1ccccc1.I. The van der Waals surface area contributed by atoms with Crippen LogP contribution in [-0.4, -0.2) is 58.9 Å². The lowest BCUT2D eigenvalue weighted by molar-refractivity contribution is 0.219. The maximum atomic E-state index is 5.58. The molecule has 0 aliphatic heterocycles. The predicted molar refractivity (Wildman–Crippen MR) is 142 cm³/mol. The van der Waals surface area contributed by atoms with Crippen molar-refractivity contribution in [3.63, 3.8) is 0 Å². The second-order valence-electron chi connectivity index (χ2n) is 6.95. The van der Waals surface area contributed by atoms with Gasteiger partial charge in [-0.25, -0.2) is 0 Å². The number of nitrogens with zero attached hydrogens (tertiary/aromatic N) is 2. The third-order valence-electron chi connectivity index (χ3n) is 5.36. The van der Waals surface area contributed by atoms with E-state index in [-0.39, 0.29) is 30.0 Å². The van der Waals surface area contributed by atoms with Crippen LogP contribution in [0.3, 0.4) is 0 Å². The van der Waals surface area contributed by atoms with Gasteiger partial charge in [-0.3, -0.25) is 9.89 Å². The fourth-order valence-electron chi connectivity index (χ4n) is 3.69. The van der Waals surface area contributed by atoms with Gasteiger partial charge in [0.1, 0.15) is 0 Å². The van der Waals surface area contributed by atoms with Gasteiger partial charge in [0.05, 0.1) is 27.4 Å². The van der Waals surface area contributed by atoms with E-state index in [1.807, 2.05) is 18.2 Å². The molecule has 0 heterocycles. The molecule has 8 heteroatoms. The molecule has 0 aliphatic rings. The Bertz CT molecular complexity index is 829. The van der Waals surface area contributed by atoms with Crippen molar-refractivity contribution in [2.24, 2.45) is 4.99 Å². The Morgan fingerprint density at radius 2 is 1.56 bits per heavy atom. The third kappa shape index (κ3) is 7.16. The van der Waals surface area contributed by atoms with Crippen LogP contribution in [0.5, 0.6) is 17.2 Å². The zero-order valence-electron chi connectivity index (χ0n) is 20.0. The number of nitrogens with one attached hydrogen (secondary N) is 2. The summed E-state index contributed by atoms with van der Waals surface area (Å²) in [5.41, 5.74) is 2.24. The van der Waals surface area contributed by atoms with Gasteiger partial charge >= 0.3 is 0 Å². The largest absolute Gasteiger partial charge is 0.493 e. The molecule has 2 rings (SSSR count). The van der Waals surface area contributed by atoms with Gasteiger partial charge in [0, 0.05) is 25.7 Å². The summed E-state index contributed by atoms with van der Waals surface area (Å²) in [6, 6.07) is 14.7. The molecule has 0 amide bonds. The molecule has 2 aromatic carbocycles. The molecule has 0 saturated carbocycles. The average Bonchev–Trinajstić information content (AvgIpc) is 2.83. The van der Waals surface area contributed by atoms with Gasteiger partial charge in [0.2, 0.25) is 5.75 Å². The third-order valence-corrected chi connectivity index (χ3v) is 5.36. The fraction of sp³-hybridized carbons (Fsp3) is 0.458. The van der Waals surface area contributed by atoms with Crippen molar-refractivity contribution in [3.05, 3.63) is 53.6 Å². The van der Waals surface area contributed by atoms with Crippen molar-refractivity contribution in [2.45, 2.75) is 26.4 Å². The molecule has 0 spiro atoms. The summed E-state index contributed by atoms with van der Waals surface area (Å²) in [6.45, 7) is 7.61. The van der Waals surface area contributed by atoms with E-state index in [0.29, 0.717) is 23.8 Å². The highest BCUT2D eigenvalue weighted by atomic mass is 127. The lowest BCUT2D eigenvalue weighted by atomic mass is 10.1. The van der Waals surface area contributed by atoms with Crippen LogP contribution in [0.15, 0.2) is 47.5 Å². The first-order valence-corrected chi connectivity index (χ1v) is 10.6.